The van der Waals surface area contributed by atoms with Gasteiger partial charge < -0.3 is 20.7 Å². The number of nitrogen functional groups attached to an aromatic ring is 1. The van der Waals surface area contributed by atoms with Crippen molar-refractivity contribution in [2.24, 2.45) is 5.16 Å². The minimum Gasteiger partial charge on any atom is -0.411 e. The number of nitrogens with one attached hydrogen (secondary N) is 1. The summed E-state index contributed by atoms with van der Waals surface area (Å²) in [7, 11) is 0. The van der Waals surface area contributed by atoms with E-state index in [1.807, 2.05) is 18.3 Å². The molecular formula is C15H14N6O2. The molecule has 0 saturated heterocycles. The predicted octanol–water partition coefficient (Wildman–Crippen LogP) is 1.74. The number of aromatic nitrogens is 3. The Kier molecular flexibility index (Phi) is 3.63. The van der Waals surface area contributed by atoms with Crippen molar-refractivity contribution >= 4 is 29.4 Å². The molecule has 0 atom stereocenters. The van der Waals surface area contributed by atoms with Crippen LogP contribution in [0.3, 0.4) is 0 Å². The zero-order chi connectivity index (χ0) is 16.4. The first-order valence-electron chi connectivity index (χ1n) is 6.76. The summed E-state index contributed by atoms with van der Waals surface area (Å²) < 4.78 is 1.80. The van der Waals surface area contributed by atoms with Crippen molar-refractivity contribution in [3.05, 3.63) is 42.4 Å². The summed E-state index contributed by atoms with van der Waals surface area (Å²) >= 11 is 0. The smallest absolute Gasteiger partial charge is 0.222 e. The number of carbonyl (C=O) groups excluding carboxylic acids is 1. The molecule has 0 aliphatic carbocycles. The second-order valence-corrected chi connectivity index (χ2v) is 4.93. The zero-order valence-electron chi connectivity index (χ0n) is 12.3. The van der Waals surface area contributed by atoms with E-state index >= 15 is 0 Å². The fraction of sp³-hybridized carbons (Fsp3) is 0.0667. The maximum Gasteiger partial charge on any atom is 0.222 e. The van der Waals surface area contributed by atoms with Gasteiger partial charge in [0.15, 0.2) is 5.82 Å². The molecule has 3 rings (SSSR count). The van der Waals surface area contributed by atoms with Gasteiger partial charge in [0.25, 0.3) is 0 Å². The van der Waals surface area contributed by atoms with Gasteiger partial charge in [0.1, 0.15) is 11.5 Å². The number of imidazole rings is 1. The number of hydrogen-bond acceptors (Lipinski definition) is 6. The fourth-order valence-electron chi connectivity index (χ4n) is 2.22. The maximum atomic E-state index is 11.1. The highest BCUT2D eigenvalue weighted by molar-refractivity contribution is 5.88. The third kappa shape index (κ3) is 2.95. The van der Waals surface area contributed by atoms with E-state index in [1.165, 1.54) is 13.1 Å². The van der Waals surface area contributed by atoms with Crippen LogP contribution < -0.4 is 11.1 Å². The first-order valence-corrected chi connectivity index (χ1v) is 6.76. The topological polar surface area (TPSA) is 118 Å². The number of amides is 1. The molecular weight excluding hydrogens is 296 g/mol. The molecule has 0 bridgehead atoms. The lowest BCUT2D eigenvalue weighted by Crippen LogP contribution is -2.05. The fourth-order valence-corrected chi connectivity index (χ4v) is 2.22. The number of oxime groups is 1. The Balaban J connectivity index is 2.03. The van der Waals surface area contributed by atoms with E-state index in [-0.39, 0.29) is 11.7 Å². The minimum absolute atomic E-state index is 0.177. The molecule has 0 aromatic carbocycles. The van der Waals surface area contributed by atoms with Crippen LogP contribution in [0, 0.1) is 0 Å². The number of nitrogens with zero attached hydrogens (tertiary/aromatic N) is 4. The Morgan fingerprint density at radius 2 is 2.22 bits per heavy atom. The molecule has 0 unspecified atom stereocenters. The third-order valence-electron chi connectivity index (χ3n) is 3.23. The third-order valence-corrected chi connectivity index (χ3v) is 3.23. The molecule has 0 saturated carbocycles. The van der Waals surface area contributed by atoms with E-state index in [4.69, 9.17) is 10.9 Å². The molecule has 0 spiro atoms. The molecule has 23 heavy (non-hydrogen) atoms. The highest BCUT2D eigenvalue weighted by Gasteiger charge is 2.07. The van der Waals surface area contributed by atoms with E-state index in [1.54, 1.807) is 22.9 Å². The molecule has 4 N–H and O–H groups in total. The van der Waals surface area contributed by atoms with Gasteiger partial charge in [0.05, 0.1) is 12.4 Å². The average molecular weight is 310 g/mol. The second-order valence-electron chi connectivity index (χ2n) is 4.93. The Morgan fingerprint density at radius 3 is 2.96 bits per heavy atom. The van der Waals surface area contributed by atoms with Crippen LogP contribution in [0.25, 0.3) is 16.8 Å². The van der Waals surface area contributed by atoms with Gasteiger partial charge >= 0.3 is 0 Å². The van der Waals surface area contributed by atoms with Gasteiger partial charge in [0, 0.05) is 36.0 Å². The molecule has 116 valence electrons. The minimum atomic E-state index is -0.177. The van der Waals surface area contributed by atoms with E-state index in [2.05, 4.69) is 20.4 Å². The van der Waals surface area contributed by atoms with Crippen LogP contribution in [-0.4, -0.2) is 31.7 Å². The van der Waals surface area contributed by atoms with Crippen LogP contribution in [-0.2, 0) is 4.79 Å². The lowest BCUT2D eigenvalue weighted by molar-refractivity contribution is -0.114. The molecule has 3 heterocycles. The zero-order valence-corrected chi connectivity index (χ0v) is 12.3. The number of hydrogen-bond donors (Lipinski definition) is 3. The number of carbonyl (C=O) groups is 1. The van der Waals surface area contributed by atoms with Crippen LogP contribution in [0.4, 0.5) is 11.6 Å². The number of fused-ring (bicyclic) bond motifs is 1. The summed E-state index contributed by atoms with van der Waals surface area (Å²) in [4.78, 5) is 19.5. The number of nitrogens with two attached hydrogens (primary N) is 1. The Hall–Kier alpha value is -3.42. The number of rotatable bonds is 3. The molecule has 0 radical (unpaired) electrons. The average Bonchev–Trinajstić information content (AvgIpc) is 2.90. The SMILES string of the molecule is CC(=O)Nc1cn2cc(-c3cnc(N)c(/C=N/O)c3)ccc2n1. The Labute approximate surface area is 131 Å². The molecule has 3 aromatic rings. The summed E-state index contributed by atoms with van der Waals surface area (Å²) in [5.74, 6) is 0.589. The first-order chi connectivity index (χ1) is 11.1. The van der Waals surface area contributed by atoms with E-state index in [9.17, 15) is 4.79 Å². The largest absolute Gasteiger partial charge is 0.411 e. The molecule has 8 heteroatoms. The van der Waals surface area contributed by atoms with Crippen molar-refractivity contribution < 1.29 is 10.0 Å². The van der Waals surface area contributed by atoms with Crippen molar-refractivity contribution in [2.45, 2.75) is 6.92 Å². The number of pyridine rings is 2. The normalized spacial score (nSPS) is 11.2. The monoisotopic (exact) mass is 310 g/mol. The highest BCUT2D eigenvalue weighted by Crippen LogP contribution is 2.22. The van der Waals surface area contributed by atoms with Gasteiger partial charge in [-0.1, -0.05) is 5.16 Å². The van der Waals surface area contributed by atoms with Gasteiger partial charge in [-0.3, -0.25) is 4.79 Å². The molecule has 3 aromatic heterocycles. The predicted molar refractivity (Wildman–Crippen MR) is 86.5 cm³/mol. The summed E-state index contributed by atoms with van der Waals surface area (Å²) in [6.07, 6.45) is 6.45. The van der Waals surface area contributed by atoms with Gasteiger partial charge in [0.2, 0.25) is 5.91 Å². The van der Waals surface area contributed by atoms with Crippen molar-refractivity contribution in [1.82, 2.24) is 14.4 Å². The lowest BCUT2D eigenvalue weighted by atomic mass is 10.1. The van der Waals surface area contributed by atoms with Crippen molar-refractivity contribution in [2.75, 3.05) is 11.1 Å². The second kappa shape index (κ2) is 5.76. The Morgan fingerprint density at radius 1 is 1.39 bits per heavy atom. The van der Waals surface area contributed by atoms with Crippen LogP contribution in [0.5, 0.6) is 0 Å². The van der Waals surface area contributed by atoms with E-state index in [0.29, 0.717) is 17.0 Å². The van der Waals surface area contributed by atoms with Gasteiger partial charge in [-0.2, -0.15) is 0 Å². The molecule has 0 aliphatic heterocycles. The first kappa shape index (κ1) is 14.5. The van der Waals surface area contributed by atoms with Crippen molar-refractivity contribution in [3.8, 4) is 11.1 Å². The molecule has 0 aliphatic rings. The summed E-state index contributed by atoms with van der Waals surface area (Å²) in [5.41, 5.74) is 8.64. The van der Waals surface area contributed by atoms with Crippen LogP contribution in [0.2, 0.25) is 0 Å². The van der Waals surface area contributed by atoms with Crippen molar-refractivity contribution in [1.29, 1.82) is 0 Å². The van der Waals surface area contributed by atoms with Gasteiger partial charge in [-0.15, -0.1) is 0 Å². The van der Waals surface area contributed by atoms with Crippen molar-refractivity contribution in [3.63, 3.8) is 0 Å². The summed E-state index contributed by atoms with van der Waals surface area (Å²) in [5, 5.41) is 14.3. The van der Waals surface area contributed by atoms with E-state index in [0.717, 1.165) is 11.1 Å². The molecule has 1 amide bonds. The summed E-state index contributed by atoms with van der Waals surface area (Å²) in [6.45, 7) is 1.43. The highest BCUT2D eigenvalue weighted by atomic mass is 16.4. The van der Waals surface area contributed by atoms with Crippen LogP contribution in [0.15, 0.2) is 41.9 Å². The lowest BCUT2D eigenvalue weighted by Gasteiger charge is -2.05. The molecule has 0 fully saturated rings. The van der Waals surface area contributed by atoms with Gasteiger partial charge in [-0.25, -0.2) is 9.97 Å². The number of anilines is 2. The van der Waals surface area contributed by atoms with Gasteiger partial charge in [-0.05, 0) is 18.2 Å². The Bertz CT molecular complexity index is 915. The summed E-state index contributed by atoms with van der Waals surface area (Å²) in [6, 6.07) is 5.48. The quantitative estimate of drug-likeness (QED) is 0.387. The van der Waals surface area contributed by atoms with E-state index < -0.39 is 0 Å². The molecule has 8 nitrogen and oxygen atoms in total. The van der Waals surface area contributed by atoms with Crippen LogP contribution >= 0.6 is 0 Å². The standard InChI is InChI=1S/C15H14N6O2/c1-9(22)19-13-8-21-7-10(2-3-14(21)20-13)11-4-12(6-18-23)15(16)17-5-11/h2-8,23H,1H3,(H2,16,17)(H,19,22)/b18-6+. The van der Waals surface area contributed by atoms with Crippen LogP contribution in [0.1, 0.15) is 12.5 Å². The maximum absolute atomic E-state index is 11.1.